The second kappa shape index (κ2) is 4.85. The molecular formula is C13H20N2O. The molecule has 0 aromatic heterocycles. The van der Waals surface area contributed by atoms with Crippen molar-refractivity contribution in [3.8, 4) is 0 Å². The van der Waals surface area contributed by atoms with Crippen LogP contribution in [0.2, 0.25) is 0 Å². The van der Waals surface area contributed by atoms with Crippen LogP contribution in [0.1, 0.15) is 25.0 Å². The van der Waals surface area contributed by atoms with Gasteiger partial charge >= 0.3 is 0 Å². The van der Waals surface area contributed by atoms with E-state index in [0.717, 1.165) is 24.3 Å². The van der Waals surface area contributed by atoms with Gasteiger partial charge in [0, 0.05) is 23.8 Å². The van der Waals surface area contributed by atoms with Gasteiger partial charge in [0.05, 0.1) is 6.10 Å². The van der Waals surface area contributed by atoms with Crippen LogP contribution in [-0.4, -0.2) is 36.2 Å². The fraction of sp³-hybridized carbons (Fsp3) is 0.538. The second-order valence-electron chi connectivity index (χ2n) is 4.66. The first-order valence-electron chi connectivity index (χ1n) is 5.89. The molecule has 2 rings (SSSR count). The van der Waals surface area contributed by atoms with Gasteiger partial charge in [-0.2, -0.15) is 0 Å². The normalized spacial score (nSPS) is 23.3. The molecule has 0 radical (unpaired) electrons. The number of benzene rings is 1. The predicted octanol–water partition coefficient (Wildman–Crippen LogP) is 1.86. The summed E-state index contributed by atoms with van der Waals surface area (Å²) in [5, 5.41) is 13.2. The molecule has 1 aromatic rings. The molecule has 16 heavy (non-hydrogen) atoms. The highest BCUT2D eigenvalue weighted by molar-refractivity contribution is 5.52. The SMILES string of the molecule is CC(O)c1ccccc1NC1CCN(C)C1. The number of nitrogens with zero attached hydrogens (tertiary/aromatic N) is 1. The number of likely N-dealkylation sites (tertiary alicyclic amines) is 1. The Morgan fingerprint density at radius 3 is 2.81 bits per heavy atom. The minimum atomic E-state index is -0.414. The van der Waals surface area contributed by atoms with Gasteiger partial charge in [0.2, 0.25) is 0 Å². The summed E-state index contributed by atoms with van der Waals surface area (Å²) < 4.78 is 0. The molecule has 1 aliphatic heterocycles. The summed E-state index contributed by atoms with van der Waals surface area (Å²) in [7, 11) is 2.14. The monoisotopic (exact) mass is 220 g/mol. The van der Waals surface area contributed by atoms with E-state index < -0.39 is 6.10 Å². The van der Waals surface area contributed by atoms with Crippen LogP contribution in [0.25, 0.3) is 0 Å². The number of hydrogen-bond acceptors (Lipinski definition) is 3. The molecule has 3 nitrogen and oxygen atoms in total. The molecule has 1 aromatic carbocycles. The molecule has 1 fully saturated rings. The number of aliphatic hydroxyl groups is 1. The molecule has 0 spiro atoms. The Labute approximate surface area is 97.1 Å². The Morgan fingerprint density at radius 2 is 2.19 bits per heavy atom. The molecule has 0 aliphatic carbocycles. The van der Waals surface area contributed by atoms with Crippen LogP contribution in [0.3, 0.4) is 0 Å². The molecule has 0 amide bonds. The highest BCUT2D eigenvalue weighted by atomic mass is 16.3. The predicted molar refractivity (Wildman–Crippen MR) is 66.6 cm³/mol. The van der Waals surface area contributed by atoms with Gasteiger partial charge < -0.3 is 15.3 Å². The van der Waals surface area contributed by atoms with Crippen molar-refractivity contribution < 1.29 is 5.11 Å². The number of likely N-dealkylation sites (N-methyl/N-ethyl adjacent to an activating group) is 1. The topological polar surface area (TPSA) is 35.5 Å². The van der Waals surface area contributed by atoms with Crippen molar-refractivity contribution in [2.75, 3.05) is 25.5 Å². The van der Waals surface area contributed by atoms with E-state index in [1.807, 2.05) is 24.3 Å². The van der Waals surface area contributed by atoms with Gasteiger partial charge in [0.1, 0.15) is 0 Å². The van der Waals surface area contributed by atoms with Crippen LogP contribution in [0.5, 0.6) is 0 Å². The lowest BCUT2D eigenvalue weighted by molar-refractivity contribution is 0.200. The molecule has 88 valence electrons. The first-order chi connectivity index (χ1) is 7.66. The average molecular weight is 220 g/mol. The Balaban J connectivity index is 2.09. The van der Waals surface area contributed by atoms with E-state index in [-0.39, 0.29) is 0 Å². The largest absolute Gasteiger partial charge is 0.389 e. The summed E-state index contributed by atoms with van der Waals surface area (Å²) in [6.07, 6.45) is 0.757. The van der Waals surface area contributed by atoms with Crippen molar-refractivity contribution in [2.24, 2.45) is 0 Å². The fourth-order valence-corrected chi connectivity index (χ4v) is 2.27. The van der Waals surface area contributed by atoms with Gasteiger partial charge in [-0.15, -0.1) is 0 Å². The quantitative estimate of drug-likeness (QED) is 0.816. The van der Waals surface area contributed by atoms with E-state index in [0.29, 0.717) is 6.04 Å². The first kappa shape index (κ1) is 11.4. The maximum absolute atomic E-state index is 9.68. The Bertz CT molecular complexity index is 352. The van der Waals surface area contributed by atoms with Crippen LogP contribution in [0, 0.1) is 0 Å². The average Bonchev–Trinajstić information content (AvgIpc) is 2.64. The minimum Gasteiger partial charge on any atom is -0.389 e. The zero-order valence-corrected chi connectivity index (χ0v) is 9.98. The minimum absolute atomic E-state index is 0.414. The zero-order valence-electron chi connectivity index (χ0n) is 9.98. The van der Waals surface area contributed by atoms with Gasteiger partial charge in [-0.3, -0.25) is 0 Å². The van der Waals surface area contributed by atoms with Crippen molar-refractivity contribution in [3.63, 3.8) is 0 Å². The summed E-state index contributed by atoms with van der Waals surface area (Å²) in [4.78, 5) is 2.32. The Morgan fingerprint density at radius 1 is 1.44 bits per heavy atom. The van der Waals surface area contributed by atoms with Gasteiger partial charge in [-0.25, -0.2) is 0 Å². The molecule has 2 atom stereocenters. The van der Waals surface area contributed by atoms with Crippen LogP contribution in [-0.2, 0) is 0 Å². The maximum Gasteiger partial charge on any atom is 0.0781 e. The number of para-hydroxylation sites is 1. The van der Waals surface area contributed by atoms with E-state index >= 15 is 0 Å². The van der Waals surface area contributed by atoms with Gasteiger partial charge in [-0.05, 0) is 33.0 Å². The van der Waals surface area contributed by atoms with E-state index in [1.165, 1.54) is 6.42 Å². The highest BCUT2D eigenvalue weighted by Crippen LogP contribution is 2.24. The number of aliphatic hydroxyl groups excluding tert-OH is 1. The second-order valence-corrected chi connectivity index (χ2v) is 4.66. The van der Waals surface area contributed by atoms with Crippen LogP contribution in [0.15, 0.2) is 24.3 Å². The molecule has 1 heterocycles. The molecule has 1 saturated heterocycles. The molecule has 3 heteroatoms. The summed E-state index contributed by atoms with van der Waals surface area (Å²) in [6.45, 7) is 4.03. The molecular weight excluding hydrogens is 200 g/mol. The van der Waals surface area contributed by atoms with E-state index in [9.17, 15) is 5.11 Å². The lowest BCUT2D eigenvalue weighted by atomic mass is 10.1. The fourth-order valence-electron chi connectivity index (χ4n) is 2.27. The van der Waals surface area contributed by atoms with E-state index in [2.05, 4.69) is 17.3 Å². The lowest BCUT2D eigenvalue weighted by Crippen LogP contribution is -2.24. The number of nitrogens with one attached hydrogen (secondary N) is 1. The number of hydrogen-bond donors (Lipinski definition) is 2. The third-order valence-corrected chi connectivity index (χ3v) is 3.16. The van der Waals surface area contributed by atoms with E-state index in [4.69, 9.17) is 0 Å². The van der Waals surface area contributed by atoms with Crippen LogP contribution < -0.4 is 5.32 Å². The molecule has 1 aliphatic rings. The summed E-state index contributed by atoms with van der Waals surface area (Å²) in [6, 6.07) is 8.50. The maximum atomic E-state index is 9.68. The Hall–Kier alpha value is -1.06. The van der Waals surface area contributed by atoms with Crippen molar-refractivity contribution in [1.29, 1.82) is 0 Å². The van der Waals surface area contributed by atoms with Crippen molar-refractivity contribution in [1.82, 2.24) is 4.90 Å². The Kier molecular flexibility index (Phi) is 3.46. The number of rotatable bonds is 3. The highest BCUT2D eigenvalue weighted by Gasteiger charge is 2.20. The van der Waals surface area contributed by atoms with Crippen LogP contribution in [0.4, 0.5) is 5.69 Å². The third-order valence-electron chi connectivity index (χ3n) is 3.16. The van der Waals surface area contributed by atoms with Crippen molar-refractivity contribution >= 4 is 5.69 Å². The summed E-state index contributed by atoms with van der Waals surface area (Å²) >= 11 is 0. The standard InChI is InChI=1S/C13H20N2O/c1-10(16)12-5-3-4-6-13(12)14-11-7-8-15(2)9-11/h3-6,10-11,14,16H,7-9H2,1-2H3. The molecule has 2 unspecified atom stereocenters. The van der Waals surface area contributed by atoms with Crippen molar-refractivity contribution in [3.05, 3.63) is 29.8 Å². The lowest BCUT2D eigenvalue weighted by Gasteiger charge is -2.18. The van der Waals surface area contributed by atoms with E-state index in [1.54, 1.807) is 6.92 Å². The van der Waals surface area contributed by atoms with Crippen molar-refractivity contribution in [2.45, 2.75) is 25.5 Å². The summed E-state index contributed by atoms with van der Waals surface area (Å²) in [5.74, 6) is 0. The molecule has 0 bridgehead atoms. The summed E-state index contributed by atoms with van der Waals surface area (Å²) in [5.41, 5.74) is 2.05. The first-order valence-corrected chi connectivity index (χ1v) is 5.89. The van der Waals surface area contributed by atoms with Gasteiger partial charge in [0.25, 0.3) is 0 Å². The smallest absolute Gasteiger partial charge is 0.0781 e. The zero-order chi connectivity index (χ0) is 11.5. The molecule has 0 saturated carbocycles. The third kappa shape index (κ3) is 2.54. The van der Waals surface area contributed by atoms with Crippen LogP contribution >= 0.6 is 0 Å². The number of anilines is 1. The molecule has 2 N–H and O–H groups in total. The van der Waals surface area contributed by atoms with Gasteiger partial charge in [0.15, 0.2) is 0 Å². The van der Waals surface area contributed by atoms with Gasteiger partial charge in [-0.1, -0.05) is 18.2 Å².